The molecule has 0 aliphatic carbocycles. The highest BCUT2D eigenvalue weighted by Gasteiger charge is 2.11. The van der Waals surface area contributed by atoms with Crippen LogP contribution in [0, 0.1) is 0 Å². The number of aromatic nitrogens is 3. The van der Waals surface area contributed by atoms with Crippen LogP contribution >= 0.6 is 0 Å². The molecule has 170 valence electrons. The number of hydrogen-bond donors (Lipinski definition) is 0. The maximum atomic E-state index is 4.93. The molecule has 4 aromatic carbocycles. The lowest BCUT2D eigenvalue weighted by Crippen LogP contribution is -1.95. The largest absolute Gasteiger partial charge is 0.264 e. The third-order valence-corrected chi connectivity index (χ3v) is 6.22. The molecule has 6 aromatic rings. The Morgan fingerprint density at radius 2 is 0.806 bits per heavy atom. The fourth-order valence-electron chi connectivity index (χ4n) is 4.29. The highest BCUT2D eigenvalue weighted by molar-refractivity contribution is 5.75. The van der Waals surface area contributed by atoms with E-state index in [1.54, 1.807) is 6.20 Å². The number of nitrogens with zero attached hydrogens (tertiary/aromatic N) is 3. The Hall–Kier alpha value is -4.89. The molecule has 36 heavy (non-hydrogen) atoms. The number of rotatable bonds is 5. The van der Waals surface area contributed by atoms with Crippen molar-refractivity contribution in [2.75, 3.05) is 0 Å². The van der Waals surface area contributed by atoms with Crippen molar-refractivity contribution in [3.05, 3.63) is 140 Å². The van der Waals surface area contributed by atoms with Crippen LogP contribution in [0.4, 0.5) is 0 Å². The molecule has 0 N–H and O–H groups in total. The maximum absolute atomic E-state index is 4.93. The number of hydrogen-bond acceptors (Lipinski definition) is 3. The number of benzene rings is 4. The third kappa shape index (κ3) is 4.55. The van der Waals surface area contributed by atoms with Gasteiger partial charge < -0.3 is 0 Å². The molecule has 0 spiro atoms. The smallest absolute Gasteiger partial charge is 0.160 e. The van der Waals surface area contributed by atoms with Gasteiger partial charge in [-0.05, 0) is 34.4 Å². The van der Waals surface area contributed by atoms with E-state index in [9.17, 15) is 0 Å². The van der Waals surface area contributed by atoms with E-state index in [0.29, 0.717) is 0 Å². The van der Waals surface area contributed by atoms with Gasteiger partial charge in [0, 0.05) is 29.1 Å². The second kappa shape index (κ2) is 9.77. The molecule has 3 nitrogen and oxygen atoms in total. The van der Waals surface area contributed by atoms with Crippen LogP contribution in [0.25, 0.3) is 56.2 Å². The fourth-order valence-corrected chi connectivity index (χ4v) is 4.29. The zero-order valence-electron chi connectivity index (χ0n) is 19.6. The summed E-state index contributed by atoms with van der Waals surface area (Å²) in [5.41, 5.74) is 9.56. The summed E-state index contributed by atoms with van der Waals surface area (Å²) < 4.78 is 0. The van der Waals surface area contributed by atoms with Gasteiger partial charge in [-0.1, -0.05) is 115 Å². The quantitative estimate of drug-likeness (QED) is 0.260. The van der Waals surface area contributed by atoms with Crippen molar-refractivity contribution in [2.45, 2.75) is 0 Å². The summed E-state index contributed by atoms with van der Waals surface area (Å²) in [6.07, 6.45) is 3.68. The molecule has 0 saturated heterocycles. The summed E-state index contributed by atoms with van der Waals surface area (Å²) in [6, 6.07) is 43.7. The van der Waals surface area contributed by atoms with Crippen molar-refractivity contribution >= 4 is 0 Å². The van der Waals surface area contributed by atoms with Crippen molar-refractivity contribution in [1.82, 2.24) is 15.0 Å². The van der Waals surface area contributed by atoms with Crippen LogP contribution in [-0.4, -0.2) is 15.0 Å². The molecule has 2 heterocycles. The molecule has 0 radical (unpaired) electrons. The van der Waals surface area contributed by atoms with E-state index >= 15 is 0 Å². The van der Waals surface area contributed by atoms with E-state index in [1.807, 2.05) is 60.8 Å². The molecular weight excluding hydrogens is 438 g/mol. The van der Waals surface area contributed by atoms with Gasteiger partial charge in [-0.2, -0.15) is 0 Å². The van der Waals surface area contributed by atoms with Gasteiger partial charge in [0.25, 0.3) is 0 Å². The molecule has 0 aliphatic rings. The van der Waals surface area contributed by atoms with Crippen LogP contribution < -0.4 is 0 Å². The molecular formula is C33H23N3. The van der Waals surface area contributed by atoms with Gasteiger partial charge in [-0.25, -0.2) is 9.97 Å². The molecule has 0 amide bonds. The maximum Gasteiger partial charge on any atom is 0.160 e. The molecule has 0 atom stereocenters. The molecule has 0 fully saturated rings. The Balaban J connectivity index is 1.35. The Labute approximate surface area is 210 Å². The predicted molar refractivity (Wildman–Crippen MR) is 147 cm³/mol. The minimum atomic E-state index is 0.724. The average Bonchev–Trinajstić information content (AvgIpc) is 2.98. The minimum Gasteiger partial charge on any atom is -0.264 e. The second-order valence-electron chi connectivity index (χ2n) is 8.59. The van der Waals surface area contributed by atoms with Crippen LogP contribution in [0.15, 0.2) is 140 Å². The highest BCUT2D eigenvalue weighted by atomic mass is 14.9. The van der Waals surface area contributed by atoms with Crippen molar-refractivity contribution < 1.29 is 0 Å². The van der Waals surface area contributed by atoms with Gasteiger partial charge >= 0.3 is 0 Å². The van der Waals surface area contributed by atoms with Gasteiger partial charge in [0.1, 0.15) is 0 Å². The third-order valence-electron chi connectivity index (χ3n) is 6.22. The Morgan fingerprint density at radius 3 is 1.33 bits per heavy atom. The van der Waals surface area contributed by atoms with Crippen molar-refractivity contribution in [2.24, 2.45) is 0 Å². The molecule has 2 aromatic heterocycles. The zero-order valence-corrected chi connectivity index (χ0v) is 19.6. The van der Waals surface area contributed by atoms with Gasteiger partial charge in [-0.3, -0.25) is 4.98 Å². The minimum absolute atomic E-state index is 0.724. The predicted octanol–water partition coefficient (Wildman–Crippen LogP) is 8.21. The van der Waals surface area contributed by atoms with Crippen LogP contribution in [0.5, 0.6) is 0 Å². The number of pyridine rings is 1. The zero-order chi connectivity index (χ0) is 24.2. The first-order valence-electron chi connectivity index (χ1n) is 11.9. The molecule has 0 bridgehead atoms. The summed E-state index contributed by atoms with van der Waals surface area (Å²) in [5, 5.41) is 0. The van der Waals surface area contributed by atoms with Crippen molar-refractivity contribution in [3.63, 3.8) is 0 Å². The van der Waals surface area contributed by atoms with Gasteiger partial charge in [-0.15, -0.1) is 0 Å². The standard InChI is InChI=1S/C33H23N3/c1-3-8-27(9-4-1)31-22-32(36-33(35-31)29-10-5-2-6-11-29)28-19-17-25(18-20-28)24-13-15-26(16-14-24)30-12-7-21-34-23-30/h1-23H. The lowest BCUT2D eigenvalue weighted by Gasteiger charge is -2.10. The van der Waals surface area contributed by atoms with Gasteiger partial charge in [0.05, 0.1) is 11.4 Å². The first kappa shape index (κ1) is 21.6. The van der Waals surface area contributed by atoms with Crippen molar-refractivity contribution in [3.8, 4) is 56.2 Å². The van der Waals surface area contributed by atoms with Gasteiger partial charge in [0.15, 0.2) is 5.82 Å². The van der Waals surface area contributed by atoms with E-state index in [-0.39, 0.29) is 0 Å². The SMILES string of the molecule is c1ccc(-c2cc(-c3ccc(-c4ccc(-c5cccnc5)cc4)cc3)nc(-c3ccccc3)n2)cc1. The lowest BCUT2D eigenvalue weighted by atomic mass is 9.99. The summed E-state index contributed by atoms with van der Waals surface area (Å²) >= 11 is 0. The fraction of sp³-hybridized carbons (Fsp3) is 0. The Bertz CT molecular complexity index is 1520. The molecule has 0 saturated carbocycles. The first-order valence-corrected chi connectivity index (χ1v) is 11.9. The summed E-state index contributed by atoms with van der Waals surface area (Å²) in [6.45, 7) is 0. The highest BCUT2D eigenvalue weighted by Crippen LogP contribution is 2.30. The van der Waals surface area contributed by atoms with Crippen LogP contribution in [-0.2, 0) is 0 Å². The first-order chi connectivity index (χ1) is 17.8. The van der Waals surface area contributed by atoms with E-state index < -0.39 is 0 Å². The topological polar surface area (TPSA) is 38.7 Å². The van der Waals surface area contributed by atoms with E-state index in [1.165, 1.54) is 5.56 Å². The molecule has 3 heteroatoms. The van der Waals surface area contributed by atoms with Gasteiger partial charge in [0.2, 0.25) is 0 Å². The summed E-state index contributed by atoms with van der Waals surface area (Å²) in [5.74, 6) is 0.724. The summed E-state index contributed by atoms with van der Waals surface area (Å²) in [7, 11) is 0. The Kier molecular flexibility index (Phi) is 5.87. The van der Waals surface area contributed by atoms with Crippen molar-refractivity contribution in [1.29, 1.82) is 0 Å². The monoisotopic (exact) mass is 461 g/mol. The average molecular weight is 462 g/mol. The van der Waals surface area contributed by atoms with E-state index in [4.69, 9.17) is 9.97 Å². The molecule has 0 unspecified atom stereocenters. The van der Waals surface area contributed by atoms with E-state index in [0.717, 1.165) is 50.6 Å². The van der Waals surface area contributed by atoms with E-state index in [2.05, 4.69) is 77.8 Å². The van der Waals surface area contributed by atoms with Crippen LogP contribution in [0.3, 0.4) is 0 Å². The molecule has 0 aliphatic heterocycles. The molecule has 6 rings (SSSR count). The lowest BCUT2D eigenvalue weighted by molar-refractivity contribution is 1.18. The van der Waals surface area contributed by atoms with Crippen LogP contribution in [0.1, 0.15) is 0 Å². The summed E-state index contributed by atoms with van der Waals surface area (Å²) in [4.78, 5) is 14.0. The Morgan fingerprint density at radius 1 is 0.361 bits per heavy atom. The van der Waals surface area contributed by atoms with Crippen LogP contribution in [0.2, 0.25) is 0 Å². The second-order valence-corrected chi connectivity index (χ2v) is 8.59. The normalized spacial score (nSPS) is 10.8.